The van der Waals surface area contributed by atoms with Crippen molar-refractivity contribution in [3.8, 4) is 0 Å². The lowest BCUT2D eigenvalue weighted by Crippen LogP contribution is -1.95. The fourth-order valence-electron chi connectivity index (χ4n) is 1.09. The summed E-state index contributed by atoms with van der Waals surface area (Å²) >= 11 is 0. The maximum absolute atomic E-state index is 11.7. The van der Waals surface area contributed by atoms with E-state index in [0.717, 1.165) is 10.5 Å². The molecular formula is C12H14O2S. The number of carbonyl (C=O) groups is 1. The molecule has 0 aromatic heterocycles. The molecule has 0 heterocycles. The lowest BCUT2D eigenvalue weighted by Gasteiger charge is -1.99. The van der Waals surface area contributed by atoms with E-state index in [1.165, 1.54) is 13.0 Å². The summed E-state index contributed by atoms with van der Waals surface area (Å²) in [5.74, 6) is 0.374. The summed E-state index contributed by atoms with van der Waals surface area (Å²) < 4.78 is 11.7. The number of allylic oxidation sites excluding steroid dienone is 1. The van der Waals surface area contributed by atoms with Crippen molar-refractivity contribution in [1.29, 1.82) is 0 Å². The highest BCUT2D eigenvalue weighted by Gasteiger charge is 2.00. The van der Waals surface area contributed by atoms with Crippen LogP contribution >= 0.6 is 0 Å². The van der Waals surface area contributed by atoms with Crippen LogP contribution < -0.4 is 0 Å². The van der Waals surface area contributed by atoms with Gasteiger partial charge in [-0.1, -0.05) is 23.8 Å². The molecule has 0 radical (unpaired) electrons. The average molecular weight is 222 g/mol. The molecule has 15 heavy (non-hydrogen) atoms. The molecule has 0 aliphatic carbocycles. The molecule has 0 bridgehead atoms. The summed E-state index contributed by atoms with van der Waals surface area (Å²) in [5, 5.41) is 0. The second kappa shape index (κ2) is 5.61. The Bertz CT molecular complexity index is 391. The third-order valence-electron chi connectivity index (χ3n) is 1.88. The van der Waals surface area contributed by atoms with E-state index in [1.54, 1.807) is 6.08 Å². The zero-order valence-corrected chi connectivity index (χ0v) is 9.71. The van der Waals surface area contributed by atoms with Gasteiger partial charge in [0.15, 0.2) is 5.78 Å². The second-order valence-corrected chi connectivity index (χ2v) is 4.83. The Labute approximate surface area is 92.5 Å². The predicted molar refractivity (Wildman–Crippen MR) is 62.3 cm³/mol. The van der Waals surface area contributed by atoms with Crippen molar-refractivity contribution in [3.05, 3.63) is 42.0 Å². The first-order chi connectivity index (χ1) is 7.09. The zero-order valence-electron chi connectivity index (χ0n) is 8.90. The van der Waals surface area contributed by atoms with Crippen LogP contribution in [0.4, 0.5) is 0 Å². The molecule has 1 aromatic rings. The van der Waals surface area contributed by atoms with Gasteiger partial charge in [0.2, 0.25) is 0 Å². The van der Waals surface area contributed by atoms with Crippen LogP contribution in [-0.4, -0.2) is 15.7 Å². The summed E-state index contributed by atoms with van der Waals surface area (Å²) in [6.45, 7) is 3.47. The maximum atomic E-state index is 11.7. The minimum absolute atomic E-state index is 0.0177. The van der Waals surface area contributed by atoms with Crippen LogP contribution in [0.3, 0.4) is 0 Å². The first-order valence-electron chi connectivity index (χ1n) is 4.72. The maximum Gasteiger partial charge on any atom is 0.152 e. The number of ketones is 1. The SMILES string of the molecule is CC(=O)/C=C/CS(=O)c1ccc(C)cc1. The fourth-order valence-corrected chi connectivity index (χ4v) is 1.99. The lowest BCUT2D eigenvalue weighted by molar-refractivity contribution is -0.112. The van der Waals surface area contributed by atoms with Gasteiger partial charge in [-0.3, -0.25) is 9.00 Å². The molecule has 1 aromatic carbocycles. The van der Waals surface area contributed by atoms with Crippen molar-refractivity contribution >= 4 is 16.6 Å². The molecule has 80 valence electrons. The molecule has 0 aliphatic heterocycles. The molecule has 2 nitrogen and oxygen atoms in total. The number of rotatable bonds is 4. The van der Waals surface area contributed by atoms with E-state index >= 15 is 0 Å². The standard InChI is InChI=1S/C12H14O2S/c1-10-5-7-12(8-6-10)15(14)9-3-4-11(2)13/h3-8H,9H2,1-2H3/b4-3+. The molecule has 1 rings (SSSR count). The molecule has 0 saturated heterocycles. The van der Waals surface area contributed by atoms with E-state index in [1.807, 2.05) is 31.2 Å². The minimum atomic E-state index is -1.05. The number of hydrogen-bond acceptors (Lipinski definition) is 2. The summed E-state index contributed by atoms with van der Waals surface area (Å²) in [5.41, 5.74) is 1.15. The van der Waals surface area contributed by atoms with Gasteiger partial charge in [0.05, 0.1) is 10.8 Å². The summed E-state index contributed by atoms with van der Waals surface area (Å²) in [7, 11) is -1.05. The van der Waals surface area contributed by atoms with E-state index in [9.17, 15) is 9.00 Å². The van der Waals surface area contributed by atoms with Crippen molar-refractivity contribution in [3.63, 3.8) is 0 Å². The summed E-state index contributed by atoms with van der Waals surface area (Å²) in [4.78, 5) is 11.4. The summed E-state index contributed by atoms with van der Waals surface area (Å²) in [6.07, 6.45) is 3.10. The molecule has 0 saturated carbocycles. The summed E-state index contributed by atoms with van der Waals surface area (Å²) in [6, 6.07) is 7.57. The van der Waals surface area contributed by atoms with Gasteiger partial charge in [0, 0.05) is 10.6 Å². The van der Waals surface area contributed by atoms with E-state index in [-0.39, 0.29) is 5.78 Å². The van der Waals surface area contributed by atoms with Gasteiger partial charge in [0.25, 0.3) is 0 Å². The minimum Gasteiger partial charge on any atom is -0.295 e. The molecule has 0 N–H and O–H groups in total. The Kier molecular flexibility index (Phi) is 4.43. The smallest absolute Gasteiger partial charge is 0.152 e. The molecule has 0 fully saturated rings. The first kappa shape index (κ1) is 11.9. The molecular weight excluding hydrogens is 208 g/mol. The molecule has 0 aliphatic rings. The molecule has 0 spiro atoms. The van der Waals surface area contributed by atoms with Gasteiger partial charge in [-0.15, -0.1) is 0 Å². The van der Waals surface area contributed by atoms with Gasteiger partial charge in [-0.05, 0) is 32.1 Å². The first-order valence-corrected chi connectivity index (χ1v) is 6.03. The van der Waals surface area contributed by atoms with Crippen molar-refractivity contribution in [2.45, 2.75) is 18.7 Å². The van der Waals surface area contributed by atoms with Crippen LogP contribution in [-0.2, 0) is 15.6 Å². The van der Waals surface area contributed by atoms with Crippen molar-refractivity contribution in [2.24, 2.45) is 0 Å². The lowest BCUT2D eigenvalue weighted by atomic mass is 10.2. The highest BCUT2D eigenvalue weighted by molar-refractivity contribution is 7.85. The van der Waals surface area contributed by atoms with Crippen LogP contribution in [0.5, 0.6) is 0 Å². The fraction of sp³-hybridized carbons (Fsp3) is 0.250. The third-order valence-corrected chi connectivity index (χ3v) is 3.18. The normalized spacial score (nSPS) is 12.9. The van der Waals surface area contributed by atoms with Gasteiger partial charge in [0.1, 0.15) is 0 Å². The second-order valence-electron chi connectivity index (χ2n) is 3.34. The van der Waals surface area contributed by atoms with Crippen LogP contribution in [0.2, 0.25) is 0 Å². The Morgan fingerprint density at radius 1 is 1.33 bits per heavy atom. The Hall–Kier alpha value is -1.22. The Morgan fingerprint density at radius 2 is 1.93 bits per heavy atom. The van der Waals surface area contributed by atoms with Gasteiger partial charge < -0.3 is 0 Å². The van der Waals surface area contributed by atoms with Crippen LogP contribution in [0.15, 0.2) is 41.3 Å². The monoisotopic (exact) mass is 222 g/mol. The van der Waals surface area contributed by atoms with Crippen LogP contribution in [0.25, 0.3) is 0 Å². The number of benzene rings is 1. The number of carbonyl (C=O) groups excluding carboxylic acids is 1. The number of aryl methyl sites for hydroxylation is 1. The third kappa shape index (κ3) is 4.21. The molecule has 1 atom stereocenters. The van der Waals surface area contributed by atoms with Gasteiger partial charge in [-0.2, -0.15) is 0 Å². The Balaban J connectivity index is 2.62. The van der Waals surface area contributed by atoms with Crippen LogP contribution in [0, 0.1) is 6.92 Å². The molecule has 3 heteroatoms. The predicted octanol–water partition coefficient (Wildman–Crippen LogP) is 2.25. The highest BCUT2D eigenvalue weighted by Crippen LogP contribution is 2.08. The Morgan fingerprint density at radius 3 is 2.47 bits per heavy atom. The molecule has 1 unspecified atom stereocenters. The van der Waals surface area contributed by atoms with E-state index in [4.69, 9.17) is 0 Å². The topological polar surface area (TPSA) is 34.1 Å². The van der Waals surface area contributed by atoms with Gasteiger partial charge >= 0.3 is 0 Å². The highest BCUT2D eigenvalue weighted by atomic mass is 32.2. The van der Waals surface area contributed by atoms with Crippen molar-refractivity contribution < 1.29 is 9.00 Å². The zero-order chi connectivity index (χ0) is 11.3. The van der Waals surface area contributed by atoms with E-state index < -0.39 is 10.8 Å². The number of hydrogen-bond donors (Lipinski definition) is 0. The van der Waals surface area contributed by atoms with Crippen molar-refractivity contribution in [1.82, 2.24) is 0 Å². The largest absolute Gasteiger partial charge is 0.295 e. The van der Waals surface area contributed by atoms with E-state index in [2.05, 4.69) is 0 Å². The van der Waals surface area contributed by atoms with Crippen molar-refractivity contribution in [2.75, 3.05) is 5.75 Å². The van der Waals surface area contributed by atoms with Gasteiger partial charge in [-0.25, -0.2) is 0 Å². The average Bonchev–Trinajstić information content (AvgIpc) is 2.18. The molecule has 0 amide bonds. The van der Waals surface area contributed by atoms with E-state index in [0.29, 0.717) is 5.75 Å². The quantitative estimate of drug-likeness (QED) is 0.732. The van der Waals surface area contributed by atoms with Crippen LogP contribution in [0.1, 0.15) is 12.5 Å².